The summed E-state index contributed by atoms with van der Waals surface area (Å²) < 4.78 is 0. The molecule has 0 aromatic rings. The Morgan fingerprint density at radius 1 is 0.860 bits per heavy atom. The van der Waals surface area contributed by atoms with Gasteiger partial charge in [0.15, 0.2) is 5.96 Å². The molecule has 0 bridgehead atoms. The second-order valence-corrected chi connectivity index (χ2v) is 11.1. The van der Waals surface area contributed by atoms with E-state index in [1.807, 2.05) is 13.8 Å². The van der Waals surface area contributed by atoms with Crippen LogP contribution in [-0.2, 0) is 24.0 Å². The van der Waals surface area contributed by atoms with E-state index in [-0.39, 0.29) is 50.8 Å². The van der Waals surface area contributed by atoms with Gasteiger partial charge in [0.1, 0.15) is 24.2 Å². The van der Waals surface area contributed by atoms with Crippen LogP contribution in [0.3, 0.4) is 0 Å². The highest BCUT2D eigenvalue weighted by Gasteiger charge is 2.39. The Balaban J connectivity index is 3.05. The van der Waals surface area contributed by atoms with Gasteiger partial charge >= 0.3 is 6.03 Å². The minimum atomic E-state index is -1.05. The minimum absolute atomic E-state index is 0.000127. The lowest BCUT2D eigenvalue weighted by atomic mass is 10.0. The lowest BCUT2D eigenvalue weighted by Gasteiger charge is -2.30. The zero-order valence-corrected chi connectivity index (χ0v) is 25.2. The first-order valence-electron chi connectivity index (χ1n) is 14.5. The van der Waals surface area contributed by atoms with Gasteiger partial charge in [0.2, 0.25) is 29.5 Å². The van der Waals surface area contributed by atoms with Crippen LogP contribution in [-0.4, -0.2) is 96.3 Å². The van der Waals surface area contributed by atoms with E-state index < -0.39 is 65.8 Å². The van der Waals surface area contributed by atoms with E-state index >= 15 is 0 Å². The molecule has 1 saturated heterocycles. The number of rotatable bonds is 18. The predicted molar refractivity (Wildman–Crippen MR) is 159 cm³/mol. The number of amides is 7. The fourth-order valence-electron chi connectivity index (χ4n) is 4.59. The molecule has 1 aliphatic heterocycles. The van der Waals surface area contributed by atoms with Gasteiger partial charge in [-0.2, -0.15) is 0 Å². The summed E-state index contributed by atoms with van der Waals surface area (Å²) in [7, 11) is 0. The van der Waals surface area contributed by atoms with Gasteiger partial charge in [-0.15, -0.1) is 0 Å². The molecule has 1 heterocycles. The van der Waals surface area contributed by atoms with E-state index in [0.29, 0.717) is 25.7 Å². The van der Waals surface area contributed by atoms with Gasteiger partial charge in [-0.05, 0) is 57.8 Å². The van der Waals surface area contributed by atoms with Crippen molar-refractivity contribution in [3.05, 3.63) is 0 Å². The number of hydrogen-bond acceptors (Lipinski definition) is 8. The van der Waals surface area contributed by atoms with Crippen LogP contribution in [0.15, 0.2) is 0 Å². The number of carbonyl (C=O) groups excluding carboxylic acids is 6. The molecular weight excluding hydrogens is 562 g/mol. The maximum Gasteiger partial charge on any atom is 0.312 e. The smallest absolute Gasteiger partial charge is 0.312 e. The van der Waals surface area contributed by atoms with Crippen molar-refractivity contribution in [1.29, 1.82) is 5.41 Å². The highest BCUT2D eigenvalue weighted by molar-refractivity contribution is 5.96. The van der Waals surface area contributed by atoms with E-state index in [1.54, 1.807) is 0 Å². The monoisotopic (exact) mass is 611 g/mol. The number of urea groups is 1. The van der Waals surface area contributed by atoms with Gasteiger partial charge in [-0.1, -0.05) is 13.8 Å². The molecule has 1 rings (SSSR count). The van der Waals surface area contributed by atoms with Gasteiger partial charge in [-0.25, -0.2) is 4.79 Å². The third-order valence-electron chi connectivity index (χ3n) is 6.89. The second kappa shape index (κ2) is 18.4. The molecule has 244 valence electrons. The number of hydrogen-bond donors (Lipinski definition) is 10. The molecule has 17 nitrogen and oxygen atoms in total. The van der Waals surface area contributed by atoms with Crippen molar-refractivity contribution in [1.82, 2.24) is 31.5 Å². The van der Waals surface area contributed by atoms with Crippen LogP contribution in [0, 0.1) is 11.3 Å². The molecule has 17 heteroatoms. The zero-order chi connectivity index (χ0) is 32.7. The molecular formula is C26H49N11O6. The third-order valence-corrected chi connectivity index (χ3v) is 6.89. The number of nitrogens with zero attached hydrogens (tertiary/aromatic N) is 1. The van der Waals surface area contributed by atoms with E-state index in [0.717, 1.165) is 0 Å². The third kappa shape index (κ3) is 13.6. The van der Waals surface area contributed by atoms with Crippen LogP contribution >= 0.6 is 0 Å². The summed E-state index contributed by atoms with van der Waals surface area (Å²) in [6, 6.07) is -5.46. The molecule has 0 unspecified atom stereocenters. The fourth-order valence-corrected chi connectivity index (χ4v) is 4.59. The summed E-state index contributed by atoms with van der Waals surface area (Å²) >= 11 is 0. The van der Waals surface area contributed by atoms with Gasteiger partial charge < -0.3 is 54.4 Å². The molecule has 0 radical (unpaired) electrons. The highest BCUT2D eigenvalue weighted by Crippen LogP contribution is 2.20. The Labute approximate surface area is 251 Å². The molecule has 0 aromatic heterocycles. The number of carbonyl (C=O) groups is 6. The number of nitrogens with one attached hydrogen (secondary N) is 6. The van der Waals surface area contributed by atoms with Crippen molar-refractivity contribution in [3.63, 3.8) is 0 Å². The Morgan fingerprint density at radius 2 is 1.47 bits per heavy atom. The van der Waals surface area contributed by atoms with Crippen molar-refractivity contribution >= 4 is 41.5 Å². The number of likely N-dealkylation sites (tertiary alicyclic amines) is 1. The average Bonchev–Trinajstić information content (AvgIpc) is 3.41. The van der Waals surface area contributed by atoms with Crippen LogP contribution < -0.4 is 49.5 Å². The van der Waals surface area contributed by atoms with E-state index in [2.05, 4.69) is 26.6 Å². The molecule has 7 amide bonds. The van der Waals surface area contributed by atoms with E-state index in [9.17, 15) is 28.8 Å². The summed E-state index contributed by atoms with van der Waals surface area (Å²) in [6.07, 6.45) is 2.31. The molecule has 14 N–H and O–H groups in total. The lowest BCUT2D eigenvalue weighted by molar-refractivity contribution is -0.142. The minimum Gasteiger partial charge on any atom is -0.370 e. The standard InChI is InChI=1S/C26H49N11O6/c1-14(2)13-18(36-21(39)16(27)7-4-11-33-26(31)43)22(40)35-17(8-5-10-32-25(29)30)24(42)37-12-6-9-19(37)23(41)34-15(3)20(28)38/h14-19H,4-13,27H2,1-3H3,(H2,28,38)(H,34,41)(H,35,40)(H,36,39)(H4,29,30,32)(H3,31,33,43)/t15-,16-,17+,18+,19+/m1/s1. The average molecular weight is 612 g/mol. The van der Waals surface area contributed by atoms with E-state index in [4.69, 9.17) is 28.3 Å². The van der Waals surface area contributed by atoms with Gasteiger partial charge in [0.25, 0.3) is 0 Å². The number of primary amides is 2. The predicted octanol–water partition coefficient (Wildman–Crippen LogP) is -2.98. The quantitative estimate of drug-likeness (QED) is 0.0429. The van der Waals surface area contributed by atoms with Crippen LogP contribution in [0.1, 0.15) is 65.7 Å². The van der Waals surface area contributed by atoms with Crippen molar-refractivity contribution in [2.45, 2.75) is 95.9 Å². The topological polar surface area (TPSA) is 294 Å². The van der Waals surface area contributed by atoms with Gasteiger partial charge in [0, 0.05) is 19.6 Å². The summed E-state index contributed by atoms with van der Waals surface area (Å²) in [5.41, 5.74) is 21.6. The van der Waals surface area contributed by atoms with Crippen molar-refractivity contribution < 1.29 is 28.8 Å². The maximum absolute atomic E-state index is 13.7. The van der Waals surface area contributed by atoms with Crippen molar-refractivity contribution in [2.75, 3.05) is 19.6 Å². The maximum atomic E-state index is 13.7. The summed E-state index contributed by atoms with van der Waals surface area (Å²) in [4.78, 5) is 76.5. The SMILES string of the molecule is CC(C)C[C@H](NC(=O)[C@H](N)CCCNC(N)=O)C(=O)N[C@@H](CCCNC(=N)N)C(=O)N1CCC[C@H]1C(=O)N[C@H](C)C(N)=O. The Morgan fingerprint density at radius 3 is 2.05 bits per heavy atom. The van der Waals surface area contributed by atoms with Crippen LogP contribution in [0.4, 0.5) is 4.79 Å². The Bertz CT molecular complexity index is 1010. The number of guanidine groups is 1. The number of nitrogens with two attached hydrogens (primary N) is 4. The highest BCUT2D eigenvalue weighted by atomic mass is 16.2. The second-order valence-electron chi connectivity index (χ2n) is 11.1. The van der Waals surface area contributed by atoms with E-state index in [1.165, 1.54) is 11.8 Å². The van der Waals surface area contributed by atoms with Crippen LogP contribution in [0.5, 0.6) is 0 Å². The summed E-state index contributed by atoms with van der Waals surface area (Å²) in [5, 5.41) is 20.3. The molecule has 1 aliphatic rings. The zero-order valence-electron chi connectivity index (χ0n) is 25.2. The molecule has 1 fully saturated rings. The first-order chi connectivity index (χ1) is 20.1. The first kappa shape index (κ1) is 36.9. The lowest BCUT2D eigenvalue weighted by Crippen LogP contribution is -2.58. The largest absolute Gasteiger partial charge is 0.370 e. The molecule has 0 aromatic carbocycles. The summed E-state index contributed by atoms with van der Waals surface area (Å²) in [5.74, 6) is -3.13. The Hall–Kier alpha value is -4.15. The van der Waals surface area contributed by atoms with Crippen molar-refractivity contribution in [3.8, 4) is 0 Å². The van der Waals surface area contributed by atoms with Crippen molar-refractivity contribution in [2.24, 2.45) is 28.9 Å². The molecule has 43 heavy (non-hydrogen) atoms. The van der Waals surface area contributed by atoms with Crippen LogP contribution in [0.25, 0.3) is 0 Å². The Kier molecular flexibility index (Phi) is 15.8. The normalized spacial score (nSPS) is 17.2. The molecule has 0 aliphatic carbocycles. The van der Waals surface area contributed by atoms with Gasteiger partial charge in [-0.3, -0.25) is 29.4 Å². The van der Waals surface area contributed by atoms with Crippen LogP contribution in [0.2, 0.25) is 0 Å². The first-order valence-corrected chi connectivity index (χ1v) is 14.5. The van der Waals surface area contributed by atoms with Gasteiger partial charge in [0.05, 0.1) is 6.04 Å². The fraction of sp³-hybridized carbons (Fsp3) is 0.731. The molecule has 5 atom stereocenters. The summed E-state index contributed by atoms with van der Waals surface area (Å²) in [6.45, 7) is 5.97. The molecule has 0 spiro atoms. The molecule has 0 saturated carbocycles.